The minimum absolute atomic E-state index is 0.236. The molecule has 1 aliphatic heterocycles. The molecule has 0 aliphatic carbocycles. The summed E-state index contributed by atoms with van der Waals surface area (Å²) in [5.41, 5.74) is 1.30. The number of amides is 1. The number of hydrogen-bond acceptors (Lipinski definition) is 4. The molecule has 0 saturated carbocycles. The van der Waals surface area contributed by atoms with Crippen molar-refractivity contribution >= 4 is 15.9 Å². The first kappa shape index (κ1) is 21.3. The Morgan fingerprint density at radius 3 is 2.31 bits per heavy atom. The predicted octanol–water partition coefficient (Wildman–Crippen LogP) is 2.84. The number of nitrogens with zero attached hydrogens (tertiary/aromatic N) is 1. The second kappa shape index (κ2) is 9.41. The van der Waals surface area contributed by atoms with Crippen LogP contribution in [0.2, 0.25) is 0 Å². The predicted molar refractivity (Wildman–Crippen MR) is 112 cm³/mol. The molecule has 1 heterocycles. The molecule has 1 N–H and O–H groups in total. The molecule has 2 aromatic rings. The number of ether oxygens (including phenoxy) is 1. The van der Waals surface area contributed by atoms with Gasteiger partial charge in [0.1, 0.15) is 5.75 Å². The molecular formula is C22H28N2O4S. The summed E-state index contributed by atoms with van der Waals surface area (Å²) in [6, 6.07) is 16.6. The standard InChI is InChI=1S/C22H28N2O4S/c1-17(22(25)23-2)28-20-8-10-21(11-9-20)29(26,27)24-14-12-19(13-15-24)16-18-6-4-3-5-7-18/h3-11,17,19H,12-16H2,1-2H3,(H,23,25)/t17-/m0/s1. The van der Waals surface area contributed by atoms with Crippen molar-refractivity contribution in [1.82, 2.24) is 9.62 Å². The molecule has 156 valence electrons. The summed E-state index contributed by atoms with van der Waals surface area (Å²) in [7, 11) is -1.98. The quantitative estimate of drug-likeness (QED) is 0.753. The lowest BCUT2D eigenvalue weighted by Gasteiger charge is -2.31. The molecule has 0 radical (unpaired) electrons. The van der Waals surface area contributed by atoms with E-state index in [-0.39, 0.29) is 10.8 Å². The summed E-state index contributed by atoms with van der Waals surface area (Å²) in [4.78, 5) is 11.8. The maximum atomic E-state index is 13.0. The first-order valence-corrected chi connectivity index (χ1v) is 11.4. The van der Waals surface area contributed by atoms with E-state index in [4.69, 9.17) is 4.74 Å². The Balaban J connectivity index is 1.59. The normalized spacial score (nSPS) is 16.9. The SMILES string of the molecule is CNC(=O)[C@H](C)Oc1ccc(S(=O)(=O)N2CCC(Cc3ccccc3)CC2)cc1. The van der Waals surface area contributed by atoms with E-state index in [1.807, 2.05) is 18.2 Å². The molecule has 0 spiro atoms. The molecule has 1 atom stereocenters. The molecule has 6 nitrogen and oxygen atoms in total. The Bertz CT molecular complexity index is 906. The summed E-state index contributed by atoms with van der Waals surface area (Å²) in [5.74, 6) is 0.729. The largest absolute Gasteiger partial charge is 0.481 e. The van der Waals surface area contributed by atoms with Crippen LogP contribution in [0, 0.1) is 5.92 Å². The number of rotatable bonds is 7. The lowest BCUT2D eigenvalue weighted by atomic mass is 9.91. The average molecular weight is 417 g/mol. The molecule has 2 aromatic carbocycles. The number of nitrogens with one attached hydrogen (secondary N) is 1. The van der Waals surface area contributed by atoms with E-state index in [0.29, 0.717) is 24.8 Å². The minimum Gasteiger partial charge on any atom is -0.481 e. The highest BCUT2D eigenvalue weighted by Gasteiger charge is 2.29. The molecule has 7 heteroatoms. The van der Waals surface area contributed by atoms with Gasteiger partial charge in [0, 0.05) is 20.1 Å². The molecular weight excluding hydrogens is 388 g/mol. The first-order chi connectivity index (χ1) is 13.9. The van der Waals surface area contributed by atoms with Crippen LogP contribution in [0.25, 0.3) is 0 Å². The van der Waals surface area contributed by atoms with E-state index in [0.717, 1.165) is 19.3 Å². The smallest absolute Gasteiger partial charge is 0.260 e. The van der Waals surface area contributed by atoms with Crippen LogP contribution >= 0.6 is 0 Å². The van der Waals surface area contributed by atoms with Crippen molar-refractivity contribution in [3.05, 3.63) is 60.2 Å². The average Bonchev–Trinajstić information content (AvgIpc) is 2.74. The number of likely N-dealkylation sites (N-methyl/N-ethyl adjacent to an activating group) is 1. The highest BCUT2D eigenvalue weighted by Crippen LogP contribution is 2.27. The van der Waals surface area contributed by atoms with Gasteiger partial charge in [-0.05, 0) is 61.9 Å². The topological polar surface area (TPSA) is 75.7 Å². The highest BCUT2D eigenvalue weighted by atomic mass is 32.2. The maximum Gasteiger partial charge on any atom is 0.260 e. The lowest BCUT2D eigenvalue weighted by Crippen LogP contribution is -2.38. The summed E-state index contributed by atoms with van der Waals surface area (Å²) in [5, 5.41) is 2.52. The zero-order valence-corrected chi connectivity index (χ0v) is 17.7. The molecule has 1 fully saturated rings. The Labute approximate surface area is 172 Å². The van der Waals surface area contributed by atoms with Crippen molar-refractivity contribution in [2.45, 2.75) is 37.2 Å². The highest BCUT2D eigenvalue weighted by molar-refractivity contribution is 7.89. The van der Waals surface area contributed by atoms with Gasteiger partial charge < -0.3 is 10.1 Å². The molecule has 1 aliphatic rings. The van der Waals surface area contributed by atoms with Gasteiger partial charge >= 0.3 is 0 Å². The summed E-state index contributed by atoms with van der Waals surface area (Å²) >= 11 is 0. The van der Waals surface area contributed by atoms with Crippen molar-refractivity contribution < 1.29 is 17.9 Å². The van der Waals surface area contributed by atoms with Crippen LogP contribution in [0.3, 0.4) is 0 Å². The fourth-order valence-electron chi connectivity index (χ4n) is 3.60. The Morgan fingerprint density at radius 2 is 1.72 bits per heavy atom. The van der Waals surface area contributed by atoms with Crippen molar-refractivity contribution in [2.24, 2.45) is 5.92 Å². The van der Waals surface area contributed by atoms with E-state index < -0.39 is 16.1 Å². The number of carbonyl (C=O) groups excluding carboxylic acids is 1. The van der Waals surface area contributed by atoms with E-state index in [1.54, 1.807) is 30.4 Å². The van der Waals surface area contributed by atoms with Gasteiger partial charge in [-0.25, -0.2) is 8.42 Å². The third-order valence-corrected chi connectivity index (χ3v) is 7.24. The molecule has 1 saturated heterocycles. The number of hydrogen-bond donors (Lipinski definition) is 1. The molecule has 3 rings (SSSR count). The molecule has 0 unspecified atom stereocenters. The number of sulfonamides is 1. The van der Waals surface area contributed by atoms with Gasteiger partial charge in [-0.3, -0.25) is 4.79 Å². The number of carbonyl (C=O) groups is 1. The molecule has 0 aromatic heterocycles. The van der Waals surface area contributed by atoms with Gasteiger partial charge in [-0.1, -0.05) is 30.3 Å². The second-order valence-electron chi connectivity index (χ2n) is 7.38. The first-order valence-electron chi connectivity index (χ1n) is 9.92. The summed E-state index contributed by atoms with van der Waals surface area (Å²) in [6.07, 6.45) is 2.06. The summed E-state index contributed by atoms with van der Waals surface area (Å²) in [6.45, 7) is 2.71. The van der Waals surface area contributed by atoms with Crippen molar-refractivity contribution in [3.8, 4) is 5.75 Å². The van der Waals surface area contributed by atoms with Crippen LogP contribution in [0.4, 0.5) is 0 Å². The number of piperidine rings is 1. The van der Waals surface area contributed by atoms with Gasteiger partial charge in [0.2, 0.25) is 10.0 Å². The van der Waals surface area contributed by atoms with Crippen LogP contribution in [0.5, 0.6) is 5.75 Å². The number of benzene rings is 2. The van der Waals surface area contributed by atoms with E-state index >= 15 is 0 Å². The van der Waals surface area contributed by atoms with Crippen molar-refractivity contribution in [2.75, 3.05) is 20.1 Å². The van der Waals surface area contributed by atoms with E-state index in [1.165, 1.54) is 17.7 Å². The maximum absolute atomic E-state index is 13.0. The molecule has 1 amide bonds. The third kappa shape index (κ3) is 5.36. The molecule has 0 bridgehead atoms. The van der Waals surface area contributed by atoms with Crippen LogP contribution in [0.15, 0.2) is 59.5 Å². The van der Waals surface area contributed by atoms with Gasteiger partial charge in [-0.15, -0.1) is 0 Å². The fraction of sp³-hybridized carbons (Fsp3) is 0.409. The Morgan fingerprint density at radius 1 is 1.10 bits per heavy atom. The van der Waals surface area contributed by atoms with E-state index in [2.05, 4.69) is 17.4 Å². The fourth-order valence-corrected chi connectivity index (χ4v) is 5.07. The van der Waals surface area contributed by atoms with Gasteiger partial charge in [0.15, 0.2) is 6.10 Å². The van der Waals surface area contributed by atoms with E-state index in [9.17, 15) is 13.2 Å². The molecule has 29 heavy (non-hydrogen) atoms. The lowest BCUT2D eigenvalue weighted by molar-refractivity contribution is -0.126. The van der Waals surface area contributed by atoms with Crippen LogP contribution < -0.4 is 10.1 Å². The zero-order chi connectivity index (χ0) is 20.9. The van der Waals surface area contributed by atoms with Crippen LogP contribution in [0.1, 0.15) is 25.3 Å². The Kier molecular flexibility index (Phi) is 6.92. The zero-order valence-electron chi connectivity index (χ0n) is 16.9. The Hall–Kier alpha value is -2.38. The minimum atomic E-state index is -3.53. The third-order valence-electron chi connectivity index (χ3n) is 5.33. The van der Waals surface area contributed by atoms with Crippen LogP contribution in [-0.4, -0.2) is 44.9 Å². The summed E-state index contributed by atoms with van der Waals surface area (Å²) < 4.78 is 33.0. The second-order valence-corrected chi connectivity index (χ2v) is 9.32. The van der Waals surface area contributed by atoms with Crippen molar-refractivity contribution in [3.63, 3.8) is 0 Å². The van der Waals surface area contributed by atoms with Crippen LogP contribution in [-0.2, 0) is 21.2 Å². The van der Waals surface area contributed by atoms with Gasteiger partial charge in [0.05, 0.1) is 4.90 Å². The van der Waals surface area contributed by atoms with Gasteiger partial charge in [0.25, 0.3) is 5.91 Å². The van der Waals surface area contributed by atoms with Crippen molar-refractivity contribution in [1.29, 1.82) is 0 Å². The monoisotopic (exact) mass is 416 g/mol. The van der Waals surface area contributed by atoms with Gasteiger partial charge in [-0.2, -0.15) is 4.31 Å².